The zero-order valence-electron chi connectivity index (χ0n) is 6.38. The van der Waals surface area contributed by atoms with E-state index in [2.05, 4.69) is 9.84 Å². The Bertz CT molecular complexity index is 223. The van der Waals surface area contributed by atoms with E-state index in [0.29, 0.717) is 0 Å². The zero-order chi connectivity index (χ0) is 9.83. The number of hydrogen-bond donors (Lipinski definition) is 4. The van der Waals surface area contributed by atoms with Gasteiger partial charge in [0.05, 0.1) is 0 Å². The minimum atomic E-state index is -4.49. The molecule has 74 valence electrons. The molecule has 0 heterocycles. The van der Waals surface area contributed by atoms with Crippen molar-refractivity contribution >= 4 is 15.2 Å². The largest absolute Gasteiger partial charge is 0.341 e. The van der Waals surface area contributed by atoms with Crippen LogP contribution in [-0.4, -0.2) is 34.4 Å². The monoisotopic (exact) mass is 219 g/mol. The van der Waals surface area contributed by atoms with E-state index in [-0.39, 0.29) is 6.73 Å². The topological polar surface area (TPSA) is 116 Å². The van der Waals surface area contributed by atoms with E-state index in [1.165, 1.54) is 7.05 Å². The van der Waals surface area contributed by atoms with Crippen molar-refractivity contribution in [2.45, 2.75) is 0 Å². The van der Waals surface area contributed by atoms with Crippen LogP contribution in [0, 0.1) is 0 Å². The maximum atomic E-state index is 10.8. The summed E-state index contributed by atoms with van der Waals surface area (Å²) in [6.45, 7) is -0.228. The Morgan fingerprint density at radius 1 is 1.33 bits per heavy atom. The quantitative estimate of drug-likeness (QED) is 0.363. The average Bonchev–Trinajstić information content (AvgIpc) is 1.78. The van der Waals surface area contributed by atoms with E-state index in [9.17, 15) is 9.13 Å². The summed E-state index contributed by atoms with van der Waals surface area (Å²) in [6, 6.07) is 0. The summed E-state index contributed by atoms with van der Waals surface area (Å²) >= 11 is 0. The van der Waals surface area contributed by atoms with Crippen molar-refractivity contribution in [1.82, 2.24) is 5.32 Å². The highest BCUT2D eigenvalue weighted by atomic mass is 31.2. The van der Waals surface area contributed by atoms with Crippen molar-refractivity contribution in [1.29, 1.82) is 0 Å². The predicted octanol–water partition coefficient (Wildman–Crippen LogP) is -0.500. The van der Waals surface area contributed by atoms with Crippen LogP contribution in [0.25, 0.3) is 0 Å². The van der Waals surface area contributed by atoms with Crippen molar-refractivity contribution in [3.05, 3.63) is 0 Å². The van der Waals surface area contributed by atoms with E-state index in [1.807, 2.05) is 0 Å². The lowest BCUT2D eigenvalue weighted by atomic mass is 11.2. The van der Waals surface area contributed by atoms with Crippen LogP contribution in [0.2, 0.25) is 0 Å². The first-order chi connectivity index (χ1) is 5.27. The van der Waals surface area contributed by atoms with Crippen LogP contribution in [0.15, 0.2) is 0 Å². The van der Waals surface area contributed by atoms with Gasteiger partial charge in [0.2, 0.25) is 0 Å². The van der Waals surface area contributed by atoms with Crippen LogP contribution >= 0.6 is 15.2 Å². The van der Waals surface area contributed by atoms with Crippen LogP contribution in [-0.2, 0) is 13.7 Å². The molecule has 0 bridgehead atoms. The van der Waals surface area contributed by atoms with E-state index < -0.39 is 21.1 Å². The molecule has 0 saturated heterocycles. The normalized spacial score (nSPS) is 17.3. The molecule has 1 atom stereocenters. The Morgan fingerprint density at radius 2 is 1.83 bits per heavy atom. The van der Waals surface area contributed by atoms with Crippen LogP contribution in [0.4, 0.5) is 0 Å². The highest BCUT2D eigenvalue weighted by Crippen LogP contribution is 2.54. The highest BCUT2D eigenvalue weighted by molar-refractivity contribution is 7.70. The van der Waals surface area contributed by atoms with Crippen molar-refractivity contribution in [2.24, 2.45) is 0 Å². The van der Waals surface area contributed by atoms with Crippen LogP contribution in [0.5, 0.6) is 0 Å². The van der Waals surface area contributed by atoms with E-state index in [4.69, 9.17) is 14.7 Å². The van der Waals surface area contributed by atoms with Gasteiger partial charge in [0.15, 0.2) is 5.90 Å². The van der Waals surface area contributed by atoms with Crippen LogP contribution in [0.3, 0.4) is 0 Å². The molecule has 0 aliphatic rings. The molecule has 0 aromatic carbocycles. The van der Waals surface area contributed by atoms with Crippen molar-refractivity contribution in [3.63, 3.8) is 0 Å². The Balaban J connectivity index is 4.05. The first kappa shape index (κ1) is 12.3. The fourth-order valence-corrected chi connectivity index (χ4v) is 2.96. The van der Waals surface area contributed by atoms with E-state index >= 15 is 0 Å². The highest BCUT2D eigenvalue weighted by Gasteiger charge is 2.30. The molecule has 0 rings (SSSR count). The lowest BCUT2D eigenvalue weighted by Gasteiger charge is -2.11. The zero-order valence-corrected chi connectivity index (χ0v) is 8.16. The Morgan fingerprint density at radius 3 is 2.17 bits per heavy atom. The third kappa shape index (κ3) is 6.94. The first-order valence-electron chi connectivity index (χ1n) is 2.92. The third-order valence-corrected chi connectivity index (χ3v) is 4.21. The van der Waals surface area contributed by atoms with E-state index in [1.54, 1.807) is 0 Å². The first-order valence-corrected chi connectivity index (χ1v) is 6.48. The molecule has 0 saturated carbocycles. The maximum Gasteiger partial charge on any atom is 0.341 e. The van der Waals surface area contributed by atoms with Gasteiger partial charge in [-0.25, -0.2) is 0 Å². The molecular weight excluding hydrogens is 208 g/mol. The molecule has 0 aliphatic carbocycles. The summed E-state index contributed by atoms with van der Waals surface area (Å²) < 4.78 is 25.3. The third-order valence-electron chi connectivity index (χ3n) is 0.774. The molecular formula is C3H11NO6P2. The van der Waals surface area contributed by atoms with Gasteiger partial charge in [0.25, 0.3) is 0 Å². The fourth-order valence-electron chi connectivity index (χ4n) is 0.439. The van der Waals surface area contributed by atoms with Gasteiger partial charge in [-0.2, -0.15) is 0 Å². The number of nitrogens with one attached hydrogen (secondary N) is 1. The molecule has 0 fully saturated rings. The van der Waals surface area contributed by atoms with Gasteiger partial charge in [-0.3, -0.25) is 19.0 Å². The Kier molecular flexibility index (Phi) is 4.58. The van der Waals surface area contributed by atoms with Gasteiger partial charge in [-0.1, -0.05) is 0 Å². The number of rotatable bonds is 5. The molecule has 0 amide bonds. The SMILES string of the molecule is CNCOP(=O)(O)CP(=O)(O)O. The molecule has 0 spiro atoms. The van der Waals surface area contributed by atoms with Crippen LogP contribution < -0.4 is 5.32 Å². The Labute approximate surface area is 69.4 Å². The van der Waals surface area contributed by atoms with Gasteiger partial charge in [0, 0.05) is 0 Å². The van der Waals surface area contributed by atoms with Gasteiger partial charge >= 0.3 is 15.2 Å². The molecule has 9 heteroatoms. The predicted molar refractivity (Wildman–Crippen MR) is 41.7 cm³/mol. The van der Waals surface area contributed by atoms with Gasteiger partial charge in [0.1, 0.15) is 6.73 Å². The summed E-state index contributed by atoms with van der Waals surface area (Å²) in [6.07, 6.45) is 0. The van der Waals surface area contributed by atoms with Crippen molar-refractivity contribution in [2.75, 3.05) is 19.7 Å². The summed E-state index contributed by atoms with van der Waals surface area (Å²) in [5.74, 6) is -1.15. The minimum Gasteiger partial charge on any atom is -0.324 e. The molecule has 1 unspecified atom stereocenters. The average molecular weight is 219 g/mol. The molecule has 0 radical (unpaired) electrons. The smallest absolute Gasteiger partial charge is 0.324 e. The van der Waals surface area contributed by atoms with Crippen molar-refractivity contribution < 1.29 is 28.3 Å². The molecule has 0 aromatic heterocycles. The lowest BCUT2D eigenvalue weighted by molar-refractivity contribution is 0.247. The second-order valence-electron chi connectivity index (χ2n) is 2.07. The lowest BCUT2D eigenvalue weighted by Crippen LogP contribution is -2.11. The summed E-state index contributed by atoms with van der Waals surface area (Å²) in [5.41, 5.74) is 0. The van der Waals surface area contributed by atoms with Crippen LogP contribution in [0.1, 0.15) is 0 Å². The second-order valence-corrected chi connectivity index (χ2v) is 6.06. The molecule has 0 aromatic rings. The molecule has 4 N–H and O–H groups in total. The second kappa shape index (κ2) is 4.48. The summed E-state index contributed by atoms with van der Waals surface area (Å²) in [5, 5.41) is 2.40. The molecule has 0 aliphatic heterocycles. The van der Waals surface area contributed by atoms with Gasteiger partial charge in [-0.05, 0) is 7.05 Å². The number of hydrogen-bond acceptors (Lipinski definition) is 4. The fraction of sp³-hybridized carbons (Fsp3) is 1.00. The molecule has 7 nitrogen and oxygen atoms in total. The minimum absolute atomic E-state index is 0.228. The maximum absolute atomic E-state index is 10.8. The Hall–Kier alpha value is 0.260. The standard InChI is InChI=1S/C3H11NO6P2/c1-4-2-10-12(8,9)3-11(5,6)7/h4H,2-3H2,1H3,(H,8,9)(H2,5,6,7). The summed E-state index contributed by atoms with van der Waals surface area (Å²) in [4.78, 5) is 25.4. The summed E-state index contributed by atoms with van der Waals surface area (Å²) in [7, 11) is -7.18. The van der Waals surface area contributed by atoms with E-state index in [0.717, 1.165) is 0 Å². The van der Waals surface area contributed by atoms with Crippen molar-refractivity contribution in [3.8, 4) is 0 Å². The molecule has 12 heavy (non-hydrogen) atoms. The van der Waals surface area contributed by atoms with Gasteiger partial charge in [-0.15, -0.1) is 0 Å². The van der Waals surface area contributed by atoms with Gasteiger partial charge < -0.3 is 14.7 Å².